The molecular formula is C15H25N3O2. The molecule has 5 heteroatoms. The van der Waals surface area contributed by atoms with Crippen LogP contribution in [0.1, 0.15) is 63.6 Å². The fourth-order valence-corrected chi connectivity index (χ4v) is 2.73. The van der Waals surface area contributed by atoms with Gasteiger partial charge in [-0.1, -0.05) is 31.8 Å². The second-order valence-electron chi connectivity index (χ2n) is 5.44. The van der Waals surface area contributed by atoms with E-state index < -0.39 is 0 Å². The van der Waals surface area contributed by atoms with Gasteiger partial charge in [0.15, 0.2) is 5.82 Å². The van der Waals surface area contributed by atoms with Crippen LogP contribution in [0.4, 0.5) is 0 Å². The predicted octanol–water partition coefficient (Wildman–Crippen LogP) is 2.57. The second kappa shape index (κ2) is 7.53. The van der Waals surface area contributed by atoms with Crippen LogP contribution < -0.4 is 0 Å². The Morgan fingerprint density at radius 2 is 2.05 bits per heavy atom. The van der Waals surface area contributed by atoms with Crippen LogP contribution in [-0.2, 0) is 11.2 Å². The van der Waals surface area contributed by atoms with Crippen LogP contribution in [0.15, 0.2) is 4.52 Å². The molecule has 0 radical (unpaired) electrons. The number of carbonyl (C=O) groups excluding carboxylic acids is 1. The van der Waals surface area contributed by atoms with E-state index in [1.165, 1.54) is 0 Å². The van der Waals surface area contributed by atoms with Crippen molar-refractivity contribution in [2.24, 2.45) is 0 Å². The molecule has 2 rings (SSSR count). The fraction of sp³-hybridized carbons (Fsp3) is 0.800. The normalized spacial score (nSPS) is 20.4. The monoisotopic (exact) mass is 279 g/mol. The molecule has 1 heterocycles. The molecule has 0 spiro atoms. The minimum Gasteiger partial charge on any atom is -0.339 e. The first-order valence-corrected chi connectivity index (χ1v) is 7.82. The Balaban J connectivity index is 1.95. The smallest absolute Gasteiger partial charge is 0.237 e. The van der Waals surface area contributed by atoms with Gasteiger partial charge in [-0.3, -0.25) is 4.79 Å². The summed E-state index contributed by atoms with van der Waals surface area (Å²) in [5, 5.41) is 4.03. The lowest BCUT2D eigenvalue weighted by atomic mass is 9.99. The first-order chi connectivity index (χ1) is 9.74. The summed E-state index contributed by atoms with van der Waals surface area (Å²) >= 11 is 0. The number of hydrogen-bond donors (Lipinski definition) is 0. The summed E-state index contributed by atoms with van der Waals surface area (Å²) in [6.07, 6.45) is 5.50. The Labute approximate surface area is 120 Å². The van der Waals surface area contributed by atoms with Crippen LogP contribution in [0.5, 0.6) is 0 Å². The summed E-state index contributed by atoms with van der Waals surface area (Å²) in [5.74, 6) is 1.36. The summed E-state index contributed by atoms with van der Waals surface area (Å²) < 4.78 is 5.33. The molecule has 1 fully saturated rings. The molecule has 1 aliphatic carbocycles. The van der Waals surface area contributed by atoms with Gasteiger partial charge in [0.2, 0.25) is 5.89 Å². The number of rotatable bonds is 6. The van der Waals surface area contributed by atoms with Gasteiger partial charge >= 0.3 is 0 Å². The van der Waals surface area contributed by atoms with Crippen molar-refractivity contribution in [3.8, 4) is 0 Å². The largest absolute Gasteiger partial charge is 0.339 e. The summed E-state index contributed by atoms with van der Waals surface area (Å²) in [6, 6.07) is 0. The molecule has 0 saturated heterocycles. The van der Waals surface area contributed by atoms with Gasteiger partial charge in [-0.2, -0.15) is 4.98 Å². The summed E-state index contributed by atoms with van der Waals surface area (Å²) in [5.41, 5.74) is 0. The Morgan fingerprint density at radius 1 is 1.25 bits per heavy atom. The van der Waals surface area contributed by atoms with Gasteiger partial charge in [0.1, 0.15) is 5.78 Å². The van der Waals surface area contributed by atoms with E-state index in [0.29, 0.717) is 12.3 Å². The molecule has 1 saturated carbocycles. The minimum absolute atomic E-state index is 0.160. The van der Waals surface area contributed by atoms with Crippen LogP contribution in [0.3, 0.4) is 0 Å². The van der Waals surface area contributed by atoms with Crippen LogP contribution in [0.2, 0.25) is 0 Å². The summed E-state index contributed by atoms with van der Waals surface area (Å²) in [6.45, 7) is 7.29. The maximum Gasteiger partial charge on any atom is 0.237 e. The van der Waals surface area contributed by atoms with E-state index in [1.807, 2.05) is 0 Å². The SMILES string of the molecule is CCN(CC)CCc1noc(C2CCCCCC2=O)n1. The maximum absolute atomic E-state index is 12.0. The average Bonchev–Trinajstić information content (AvgIpc) is 2.82. The minimum atomic E-state index is -0.160. The van der Waals surface area contributed by atoms with Crippen molar-refractivity contribution in [2.45, 2.75) is 58.3 Å². The van der Waals surface area contributed by atoms with Crippen LogP contribution >= 0.6 is 0 Å². The molecule has 0 aromatic carbocycles. The van der Waals surface area contributed by atoms with Gasteiger partial charge in [-0.05, 0) is 25.9 Å². The zero-order valence-electron chi connectivity index (χ0n) is 12.6. The highest BCUT2D eigenvalue weighted by Gasteiger charge is 2.27. The quantitative estimate of drug-likeness (QED) is 0.749. The lowest BCUT2D eigenvalue weighted by Gasteiger charge is -2.16. The van der Waals surface area contributed by atoms with Gasteiger partial charge in [0.05, 0.1) is 5.92 Å². The Bertz CT molecular complexity index is 427. The van der Waals surface area contributed by atoms with Gasteiger partial charge in [0.25, 0.3) is 0 Å². The van der Waals surface area contributed by atoms with Gasteiger partial charge in [-0.25, -0.2) is 0 Å². The molecule has 0 amide bonds. The molecule has 1 aromatic rings. The number of aromatic nitrogens is 2. The zero-order chi connectivity index (χ0) is 14.4. The molecule has 5 nitrogen and oxygen atoms in total. The zero-order valence-corrected chi connectivity index (χ0v) is 12.6. The molecule has 0 bridgehead atoms. The van der Waals surface area contributed by atoms with E-state index in [4.69, 9.17) is 4.52 Å². The van der Waals surface area contributed by atoms with Crippen molar-refractivity contribution < 1.29 is 9.32 Å². The molecule has 1 atom stereocenters. The highest BCUT2D eigenvalue weighted by atomic mass is 16.5. The first-order valence-electron chi connectivity index (χ1n) is 7.82. The van der Waals surface area contributed by atoms with Gasteiger partial charge < -0.3 is 9.42 Å². The molecule has 0 N–H and O–H groups in total. The summed E-state index contributed by atoms with van der Waals surface area (Å²) in [7, 11) is 0. The van der Waals surface area contributed by atoms with Crippen LogP contribution in [0.25, 0.3) is 0 Å². The molecule has 1 aliphatic rings. The van der Waals surface area contributed by atoms with E-state index in [9.17, 15) is 4.79 Å². The third-order valence-corrected chi connectivity index (χ3v) is 4.13. The Morgan fingerprint density at radius 3 is 2.80 bits per heavy atom. The van der Waals surface area contributed by atoms with Gasteiger partial charge in [-0.15, -0.1) is 0 Å². The third-order valence-electron chi connectivity index (χ3n) is 4.13. The van der Waals surface area contributed by atoms with Crippen molar-refractivity contribution in [1.29, 1.82) is 0 Å². The standard InChI is InChI=1S/C15H25N3O2/c1-3-18(4-2)11-10-14-16-15(20-17-14)12-8-6-5-7-9-13(12)19/h12H,3-11H2,1-2H3. The number of hydrogen-bond acceptors (Lipinski definition) is 5. The number of Topliss-reactive ketones (excluding diaryl/α,β-unsaturated/α-hetero) is 1. The number of likely N-dealkylation sites (N-methyl/N-ethyl adjacent to an activating group) is 1. The van der Waals surface area contributed by atoms with Gasteiger partial charge in [0, 0.05) is 19.4 Å². The van der Waals surface area contributed by atoms with Crippen molar-refractivity contribution >= 4 is 5.78 Å². The Hall–Kier alpha value is -1.23. The molecular weight excluding hydrogens is 254 g/mol. The fourth-order valence-electron chi connectivity index (χ4n) is 2.73. The highest BCUT2D eigenvalue weighted by molar-refractivity contribution is 5.84. The lowest BCUT2D eigenvalue weighted by molar-refractivity contribution is -0.120. The topological polar surface area (TPSA) is 59.2 Å². The molecule has 1 unspecified atom stereocenters. The van der Waals surface area contributed by atoms with E-state index in [2.05, 4.69) is 28.9 Å². The highest BCUT2D eigenvalue weighted by Crippen LogP contribution is 2.27. The number of ketones is 1. The number of carbonyl (C=O) groups is 1. The van der Waals surface area contributed by atoms with Crippen molar-refractivity contribution in [2.75, 3.05) is 19.6 Å². The van der Waals surface area contributed by atoms with E-state index in [0.717, 1.165) is 57.6 Å². The van der Waals surface area contributed by atoms with E-state index in [1.54, 1.807) is 0 Å². The molecule has 112 valence electrons. The van der Waals surface area contributed by atoms with Crippen LogP contribution in [-0.4, -0.2) is 40.5 Å². The first kappa shape index (κ1) is 15.2. The lowest BCUT2D eigenvalue weighted by Crippen LogP contribution is -2.25. The van der Waals surface area contributed by atoms with E-state index >= 15 is 0 Å². The predicted molar refractivity (Wildman–Crippen MR) is 76.6 cm³/mol. The summed E-state index contributed by atoms with van der Waals surface area (Å²) in [4.78, 5) is 18.8. The third kappa shape index (κ3) is 3.88. The molecule has 0 aliphatic heterocycles. The van der Waals surface area contributed by atoms with Crippen molar-refractivity contribution in [3.05, 3.63) is 11.7 Å². The van der Waals surface area contributed by atoms with Crippen molar-refractivity contribution in [1.82, 2.24) is 15.0 Å². The Kier molecular flexibility index (Phi) is 5.71. The second-order valence-corrected chi connectivity index (χ2v) is 5.44. The molecule has 1 aromatic heterocycles. The molecule has 20 heavy (non-hydrogen) atoms. The van der Waals surface area contributed by atoms with E-state index in [-0.39, 0.29) is 11.7 Å². The van der Waals surface area contributed by atoms with Crippen LogP contribution in [0, 0.1) is 0 Å². The maximum atomic E-state index is 12.0. The number of nitrogens with zero attached hydrogens (tertiary/aromatic N) is 3. The van der Waals surface area contributed by atoms with Crippen molar-refractivity contribution in [3.63, 3.8) is 0 Å². The average molecular weight is 279 g/mol.